The second-order valence-electron chi connectivity index (χ2n) is 3.48. The zero-order valence-electron chi connectivity index (χ0n) is 9.51. The Hall–Kier alpha value is -1.57. The van der Waals surface area contributed by atoms with Gasteiger partial charge in [-0.05, 0) is 41.7 Å². The van der Waals surface area contributed by atoms with Crippen molar-refractivity contribution in [3.8, 4) is 0 Å². The number of thioether (sulfide) groups is 1. The van der Waals surface area contributed by atoms with Crippen LogP contribution in [0.3, 0.4) is 0 Å². The van der Waals surface area contributed by atoms with Crippen molar-refractivity contribution in [2.45, 2.75) is 0 Å². The van der Waals surface area contributed by atoms with Crippen molar-refractivity contribution >= 4 is 57.8 Å². The minimum Gasteiger partial charge on any atom is -0.375 e. The Labute approximate surface area is 124 Å². The van der Waals surface area contributed by atoms with Crippen molar-refractivity contribution in [1.82, 2.24) is 10.7 Å². The maximum atomic E-state index is 11.7. The van der Waals surface area contributed by atoms with Gasteiger partial charge in [-0.3, -0.25) is 15.5 Å². The smallest absolute Gasteiger partial charge is 0.264 e. The molecule has 0 unspecified atom stereocenters. The van der Waals surface area contributed by atoms with Gasteiger partial charge < -0.3 is 5.73 Å². The van der Waals surface area contributed by atoms with Crippen molar-refractivity contribution < 1.29 is 4.79 Å². The van der Waals surface area contributed by atoms with Crippen molar-refractivity contribution in [2.75, 3.05) is 0 Å². The molecule has 0 spiro atoms. The van der Waals surface area contributed by atoms with Gasteiger partial charge in [-0.1, -0.05) is 29.8 Å². The summed E-state index contributed by atoms with van der Waals surface area (Å²) in [7, 11) is 0. The van der Waals surface area contributed by atoms with Crippen molar-refractivity contribution in [2.24, 2.45) is 10.8 Å². The molecule has 1 amide bonds. The first-order valence-electron chi connectivity index (χ1n) is 5.15. The van der Waals surface area contributed by atoms with E-state index in [1.165, 1.54) is 11.8 Å². The number of carbonyl (C=O) groups excluding carboxylic acids is 1. The standard InChI is InChI=1S/C11H9ClN4OS2/c12-7-4-2-1-3-6(7)5-8-9(17)14-11(19-8)16-15-10(13)18/h1-5H,(H3,13,15,18)(H,14,16,17)/b8-5+. The number of rotatable bonds is 2. The Morgan fingerprint density at radius 2 is 2.26 bits per heavy atom. The Bertz CT molecular complexity index is 600. The lowest BCUT2D eigenvalue weighted by atomic mass is 10.2. The number of hydrazone groups is 1. The van der Waals surface area contributed by atoms with Gasteiger partial charge in [-0.25, -0.2) is 0 Å². The number of benzene rings is 1. The van der Waals surface area contributed by atoms with E-state index in [0.29, 0.717) is 15.1 Å². The number of halogens is 1. The van der Waals surface area contributed by atoms with Crippen LogP contribution in [0.15, 0.2) is 34.3 Å². The highest BCUT2D eigenvalue weighted by atomic mass is 35.5. The van der Waals surface area contributed by atoms with Gasteiger partial charge in [-0.15, -0.1) is 5.10 Å². The van der Waals surface area contributed by atoms with Gasteiger partial charge in [-0.2, -0.15) is 0 Å². The molecule has 1 saturated heterocycles. The average molecular weight is 313 g/mol. The molecule has 1 heterocycles. The summed E-state index contributed by atoms with van der Waals surface area (Å²) in [5, 5.41) is 7.43. The quantitative estimate of drug-likeness (QED) is 0.439. The van der Waals surface area contributed by atoms with E-state index in [1.54, 1.807) is 12.1 Å². The highest BCUT2D eigenvalue weighted by Crippen LogP contribution is 2.27. The van der Waals surface area contributed by atoms with Crippen LogP contribution in [0.2, 0.25) is 5.02 Å². The molecule has 4 N–H and O–H groups in total. The normalized spacial score (nSPS) is 18.7. The number of nitrogens with one attached hydrogen (secondary N) is 2. The molecule has 2 rings (SSSR count). The van der Waals surface area contributed by atoms with Crippen molar-refractivity contribution in [3.05, 3.63) is 39.8 Å². The fraction of sp³-hybridized carbons (Fsp3) is 0. The van der Waals surface area contributed by atoms with Crippen LogP contribution in [0.1, 0.15) is 5.56 Å². The fourth-order valence-corrected chi connectivity index (χ4v) is 2.33. The van der Waals surface area contributed by atoms with Gasteiger partial charge in [0.2, 0.25) is 0 Å². The lowest BCUT2D eigenvalue weighted by Crippen LogP contribution is -2.28. The SMILES string of the molecule is NC(=S)N/N=C1\NC(=O)/C(=C\c2ccccc2Cl)S1. The topological polar surface area (TPSA) is 79.5 Å². The summed E-state index contributed by atoms with van der Waals surface area (Å²) in [6, 6.07) is 7.25. The number of thiocarbonyl (C=S) groups is 1. The molecule has 1 aromatic rings. The predicted octanol–water partition coefficient (Wildman–Crippen LogP) is 1.65. The van der Waals surface area contributed by atoms with Gasteiger partial charge in [0.05, 0.1) is 4.91 Å². The van der Waals surface area contributed by atoms with E-state index >= 15 is 0 Å². The lowest BCUT2D eigenvalue weighted by molar-refractivity contribution is -0.115. The lowest BCUT2D eigenvalue weighted by Gasteiger charge is -1.97. The van der Waals surface area contributed by atoms with Crippen molar-refractivity contribution in [3.63, 3.8) is 0 Å². The highest BCUT2D eigenvalue weighted by Gasteiger charge is 2.24. The van der Waals surface area contributed by atoms with Gasteiger partial charge in [0.25, 0.3) is 5.91 Å². The zero-order chi connectivity index (χ0) is 13.8. The highest BCUT2D eigenvalue weighted by molar-refractivity contribution is 8.18. The molecule has 1 aliphatic rings. The Kier molecular flexibility index (Phi) is 4.41. The molecular weight excluding hydrogens is 304 g/mol. The Balaban J connectivity index is 2.19. The third kappa shape index (κ3) is 3.69. The molecule has 1 fully saturated rings. The summed E-state index contributed by atoms with van der Waals surface area (Å²) in [6.45, 7) is 0. The first-order valence-corrected chi connectivity index (χ1v) is 6.75. The van der Waals surface area contributed by atoms with Gasteiger partial charge >= 0.3 is 0 Å². The molecular formula is C11H9ClN4OS2. The number of hydrogen-bond acceptors (Lipinski definition) is 4. The molecule has 0 atom stereocenters. The van der Waals surface area contributed by atoms with E-state index in [2.05, 4.69) is 28.1 Å². The van der Waals surface area contributed by atoms with Crippen LogP contribution in [0, 0.1) is 0 Å². The number of nitrogens with zero attached hydrogens (tertiary/aromatic N) is 1. The van der Waals surface area contributed by atoms with Gasteiger partial charge in [0.15, 0.2) is 10.3 Å². The van der Waals surface area contributed by atoms with Crippen LogP contribution in [0.4, 0.5) is 0 Å². The fourth-order valence-electron chi connectivity index (χ4n) is 1.32. The molecule has 98 valence electrons. The predicted molar refractivity (Wildman–Crippen MR) is 82.5 cm³/mol. The van der Waals surface area contributed by atoms with Crippen LogP contribution in [-0.4, -0.2) is 16.2 Å². The van der Waals surface area contributed by atoms with E-state index in [-0.39, 0.29) is 11.0 Å². The molecule has 19 heavy (non-hydrogen) atoms. The maximum Gasteiger partial charge on any atom is 0.264 e. The van der Waals surface area contributed by atoms with Crippen LogP contribution in [0.25, 0.3) is 6.08 Å². The van der Waals surface area contributed by atoms with E-state index in [1.807, 2.05) is 18.2 Å². The second kappa shape index (κ2) is 6.05. The van der Waals surface area contributed by atoms with E-state index < -0.39 is 0 Å². The molecule has 8 heteroatoms. The zero-order valence-corrected chi connectivity index (χ0v) is 11.9. The van der Waals surface area contributed by atoms with Gasteiger partial charge in [0.1, 0.15) is 0 Å². The van der Waals surface area contributed by atoms with Crippen LogP contribution < -0.4 is 16.5 Å². The number of amides is 1. The molecule has 0 aromatic heterocycles. The summed E-state index contributed by atoms with van der Waals surface area (Å²) >= 11 is 11.8. The average Bonchev–Trinajstić information content (AvgIpc) is 2.71. The minimum absolute atomic E-state index is 0.0332. The molecule has 0 radical (unpaired) electrons. The maximum absolute atomic E-state index is 11.7. The summed E-state index contributed by atoms with van der Waals surface area (Å²) in [6.07, 6.45) is 1.70. The second-order valence-corrected chi connectivity index (χ2v) is 5.36. The third-order valence-corrected chi connectivity index (χ3v) is 3.46. The summed E-state index contributed by atoms with van der Waals surface area (Å²) in [5.74, 6) is -0.242. The van der Waals surface area contributed by atoms with Crippen LogP contribution >= 0.6 is 35.6 Å². The summed E-state index contributed by atoms with van der Waals surface area (Å²) in [4.78, 5) is 12.2. The molecule has 0 saturated carbocycles. The van der Waals surface area contributed by atoms with E-state index in [0.717, 1.165) is 5.56 Å². The number of hydrogen-bond donors (Lipinski definition) is 3. The number of amidine groups is 1. The van der Waals surface area contributed by atoms with E-state index in [9.17, 15) is 4.79 Å². The Morgan fingerprint density at radius 3 is 2.95 bits per heavy atom. The Morgan fingerprint density at radius 1 is 1.53 bits per heavy atom. The summed E-state index contributed by atoms with van der Waals surface area (Å²) in [5.41, 5.74) is 8.42. The number of nitrogens with two attached hydrogens (primary N) is 1. The molecule has 1 aromatic carbocycles. The molecule has 0 bridgehead atoms. The van der Waals surface area contributed by atoms with Crippen molar-refractivity contribution in [1.29, 1.82) is 0 Å². The summed E-state index contributed by atoms with van der Waals surface area (Å²) < 4.78 is 0. The van der Waals surface area contributed by atoms with Crippen LogP contribution in [0.5, 0.6) is 0 Å². The first kappa shape index (κ1) is 13.9. The van der Waals surface area contributed by atoms with E-state index in [4.69, 9.17) is 17.3 Å². The third-order valence-electron chi connectivity index (χ3n) is 2.11. The molecule has 5 nitrogen and oxygen atoms in total. The van der Waals surface area contributed by atoms with Gasteiger partial charge in [0, 0.05) is 5.02 Å². The number of carbonyl (C=O) groups is 1. The minimum atomic E-state index is -0.242. The largest absolute Gasteiger partial charge is 0.375 e. The first-order chi connectivity index (χ1) is 9.06. The monoisotopic (exact) mass is 312 g/mol. The van der Waals surface area contributed by atoms with Crippen LogP contribution in [-0.2, 0) is 4.79 Å². The molecule has 1 aliphatic heterocycles. The molecule has 0 aliphatic carbocycles.